The molecule has 0 heterocycles. The predicted octanol–water partition coefficient (Wildman–Crippen LogP) is 4.47. The van der Waals surface area contributed by atoms with E-state index < -0.39 is 20.0 Å². The molecule has 0 aliphatic carbocycles. The van der Waals surface area contributed by atoms with Crippen molar-refractivity contribution in [2.24, 2.45) is 0 Å². The fraction of sp³-hybridized carbons (Fsp3) is 0.217. The summed E-state index contributed by atoms with van der Waals surface area (Å²) in [5, 5.41) is 0. The van der Waals surface area contributed by atoms with Crippen molar-refractivity contribution >= 4 is 20.0 Å². The van der Waals surface area contributed by atoms with Gasteiger partial charge in [-0.3, -0.25) is 4.18 Å². The minimum Gasteiger partial charge on any atom is -0.266 e. The Balaban J connectivity index is 1.63. The highest BCUT2D eigenvalue weighted by molar-refractivity contribution is 7.91. The summed E-state index contributed by atoms with van der Waals surface area (Å²) in [6.07, 6.45) is 0.944. The summed E-state index contributed by atoms with van der Waals surface area (Å²) in [5.41, 5.74) is 2.76. The first-order valence-electron chi connectivity index (χ1n) is 9.55. The Kier molecular flexibility index (Phi) is 6.75. The Morgan fingerprint density at radius 2 is 1.27 bits per heavy atom. The average Bonchev–Trinajstić information content (AvgIpc) is 2.72. The van der Waals surface area contributed by atoms with Gasteiger partial charge in [0.15, 0.2) is 0 Å². The molecule has 158 valence electrons. The van der Waals surface area contributed by atoms with Crippen molar-refractivity contribution in [3.63, 3.8) is 0 Å². The maximum Gasteiger partial charge on any atom is 0.296 e. The molecule has 0 atom stereocenters. The molecule has 0 amide bonds. The van der Waals surface area contributed by atoms with Crippen LogP contribution in [0.4, 0.5) is 0 Å². The van der Waals surface area contributed by atoms with E-state index in [2.05, 4.69) is 0 Å². The van der Waals surface area contributed by atoms with Crippen molar-refractivity contribution in [1.82, 2.24) is 0 Å². The minimum absolute atomic E-state index is 0.0190. The van der Waals surface area contributed by atoms with Gasteiger partial charge in [0, 0.05) is 0 Å². The van der Waals surface area contributed by atoms with Gasteiger partial charge in [-0.25, -0.2) is 8.42 Å². The number of benzene rings is 3. The predicted molar refractivity (Wildman–Crippen MR) is 116 cm³/mol. The van der Waals surface area contributed by atoms with Gasteiger partial charge in [0.25, 0.3) is 10.1 Å². The van der Waals surface area contributed by atoms with Gasteiger partial charge in [-0.2, -0.15) is 8.42 Å². The normalized spacial score (nSPS) is 12.1. The number of aryl methyl sites for hydroxylation is 3. The zero-order chi connectivity index (χ0) is 21.8. The molecular formula is C23H24O5S2. The van der Waals surface area contributed by atoms with Crippen LogP contribution in [0.5, 0.6) is 0 Å². The van der Waals surface area contributed by atoms with E-state index in [0.29, 0.717) is 12.8 Å². The van der Waals surface area contributed by atoms with Gasteiger partial charge in [0.05, 0.1) is 21.3 Å². The van der Waals surface area contributed by atoms with Gasteiger partial charge < -0.3 is 0 Å². The van der Waals surface area contributed by atoms with Crippen LogP contribution in [0.2, 0.25) is 0 Å². The summed E-state index contributed by atoms with van der Waals surface area (Å²) in [6, 6.07) is 19.9. The van der Waals surface area contributed by atoms with E-state index in [9.17, 15) is 16.8 Å². The van der Waals surface area contributed by atoms with E-state index in [-0.39, 0.29) is 21.3 Å². The van der Waals surface area contributed by atoms with Crippen LogP contribution < -0.4 is 0 Å². The highest BCUT2D eigenvalue weighted by Gasteiger charge is 2.18. The Morgan fingerprint density at radius 1 is 0.700 bits per heavy atom. The molecular weight excluding hydrogens is 420 g/mol. The molecule has 0 bridgehead atoms. The minimum atomic E-state index is -3.80. The molecule has 0 saturated heterocycles. The number of sulfone groups is 1. The Bertz CT molecular complexity index is 1210. The van der Waals surface area contributed by atoms with E-state index in [1.54, 1.807) is 54.6 Å². The first-order valence-corrected chi connectivity index (χ1v) is 12.4. The number of hydrogen-bond acceptors (Lipinski definition) is 5. The molecule has 3 aromatic carbocycles. The van der Waals surface area contributed by atoms with Crippen LogP contribution in [-0.2, 0) is 30.6 Å². The maximum atomic E-state index is 12.8. The monoisotopic (exact) mass is 444 g/mol. The fourth-order valence-corrected chi connectivity index (χ4v) is 5.21. The molecule has 7 heteroatoms. The lowest BCUT2D eigenvalue weighted by molar-refractivity contribution is 0.312. The Hall–Kier alpha value is -2.48. The molecule has 0 N–H and O–H groups in total. The van der Waals surface area contributed by atoms with Crippen molar-refractivity contribution in [2.75, 3.05) is 6.61 Å². The van der Waals surface area contributed by atoms with E-state index >= 15 is 0 Å². The molecule has 5 nitrogen and oxygen atoms in total. The summed E-state index contributed by atoms with van der Waals surface area (Å²) >= 11 is 0. The molecule has 0 spiro atoms. The third-order valence-corrected chi connectivity index (χ3v) is 7.79. The lowest BCUT2D eigenvalue weighted by Gasteiger charge is -2.08. The van der Waals surface area contributed by atoms with Gasteiger partial charge in [0.1, 0.15) is 0 Å². The van der Waals surface area contributed by atoms with E-state index in [1.165, 1.54) is 12.1 Å². The van der Waals surface area contributed by atoms with Gasteiger partial charge in [-0.15, -0.1) is 0 Å². The Morgan fingerprint density at radius 3 is 1.87 bits per heavy atom. The quantitative estimate of drug-likeness (QED) is 0.378. The van der Waals surface area contributed by atoms with Crippen molar-refractivity contribution in [3.8, 4) is 0 Å². The van der Waals surface area contributed by atoms with Crippen LogP contribution in [0.1, 0.15) is 23.1 Å². The van der Waals surface area contributed by atoms with Gasteiger partial charge >= 0.3 is 0 Å². The van der Waals surface area contributed by atoms with Crippen LogP contribution in [0.15, 0.2) is 87.5 Å². The molecule has 0 aliphatic rings. The van der Waals surface area contributed by atoms with Crippen LogP contribution in [0.3, 0.4) is 0 Å². The third-order valence-electron chi connectivity index (χ3n) is 4.70. The molecule has 3 aromatic rings. The second kappa shape index (κ2) is 9.12. The molecule has 0 fully saturated rings. The molecule has 3 rings (SSSR count). The first-order chi connectivity index (χ1) is 14.2. The van der Waals surface area contributed by atoms with E-state index in [1.807, 2.05) is 19.9 Å². The first kappa shape index (κ1) is 22.2. The maximum absolute atomic E-state index is 12.8. The zero-order valence-corrected chi connectivity index (χ0v) is 18.5. The second-order valence-electron chi connectivity index (χ2n) is 7.16. The SMILES string of the molecule is Cc1ccc(S(=O)(=O)OCCCc2cccc(S(=O)(=O)c3ccc(C)cc3)c2)cc1. The zero-order valence-electron chi connectivity index (χ0n) is 16.9. The summed E-state index contributed by atoms with van der Waals surface area (Å²) in [6.45, 7) is 3.80. The Labute approximate surface area is 178 Å². The number of rotatable bonds is 8. The molecule has 0 radical (unpaired) electrons. The summed E-state index contributed by atoms with van der Waals surface area (Å²) in [4.78, 5) is 0.592. The lowest BCUT2D eigenvalue weighted by Crippen LogP contribution is -2.08. The second-order valence-corrected chi connectivity index (χ2v) is 10.7. The molecule has 0 aromatic heterocycles. The van der Waals surface area contributed by atoms with Crippen molar-refractivity contribution in [1.29, 1.82) is 0 Å². The molecule has 0 aliphatic heterocycles. The van der Waals surface area contributed by atoms with Crippen LogP contribution in [0, 0.1) is 13.8 Å². The standard InChI is InChI=1S/C23H24O5S2/c1-18-8-12-21(13-9-18)29(24,25)23-7-3-5-20(17-23)6-4-16-28-30(26,27)22-14-10-19(2)11-15-22/h3,5,7-15,17H,4,6,16H2,1-2H3. The molecule has 30 heavy (non-hydrogen) atoms. The fourth-order valence-electron chi connectivity index (χ4n) is 2.94. The lowest BCUT2D eigenvalue weighted by atomic mass is 10.1. The van der Waals surface area contributed by atoms with Gasteiger partial charge in [-0.1, -0.05) is 47.5 Å². The van der Waals surface area contributed by atoms with Crippen LogP contribution in [-0.4, -0.2) is 23.4 Å². The summed E-state index contributed by atoms with van der Waals surface area (Å²) in [7, 11) is -7.40. The van der Waals surface area contributed by atoms with Crippen molar-refractivity contribution < 1.29 is 21.0 Å². The van der Waals surface area contributed by atoms with Crippen molar-refractivity contribution in [3.05, 3.63) is 89.5 Å². The summed E-state index contributed by atoms with van der Waals surface area (Å²) in [5.74, 6) is 0. The van der Waals surface area contributed by atoms with Crippen LogP contribution in [0.25, 0.3) is 0 Å². The van der Waals surface area contributed by atoms with E-state index in [0.717, 1.165) is 16.7 Å². The average molecular weight is 445 g/mol. The third kappa shape index (κ3) is 5.36. The highest BCUT2D eigenvalue weighted by Crippen LogP contribution is 2.22. The summed E-state index contributed by atoms with van der Waals surface area (Å²) < 4.78 is 55.2. The van der Waals surface area contributed by atoms with Gasteiger partial charge in [-0.05, 0) is 68.7 Å². The highest BCUT2D eigenvalue weighted by atomic mass is 32.2. The van der Waals surface area contributed by atoms with E-state index in [4.69, 9.17) is 4.18 Å². The van der Waals surface area contributed by atoms with Crippen molar-refractivity contribution in [2.45, 2.75) is 41.4 Å². The van der Waals surface area contributed by atoms with Crippen LogP contribution >= 0.6 is 0 Å². The molecule has 0 saturated carbocycles. The smallest absolute Gasteiger partial charge is 0.266 e. The topological polar surface area (TPSA) is 77.5 Å². The van der Waals surface area contributed by atoms with Gasteiger partial charge in [0.2, 0.25) is 9.84 Å². The number of hydrogen-bond donors (Lipinski definition) is 0. The largest absolute Gasteiger partial charge is 0.296 e. The molecule has 0 unspecified atom stereocenters.